The maximum absolute atomic E-state index is 11.3. The van der Waals surface area contributed by atoms with Crippen LogP contribution in [0, 0.1) is 0 Å². The van der Waals surface area contributed by atoms with E-state index in [2.05, 4.69) is 10.6 Å². The Hall–Kier alpha value is -1.69. The summed E-state index contributed by atoms with van der Waals surface area (Å²) in [5, 5.41) is 4.22. The number of nitrogens with one attached hydrogen (secondary N) is 2. The van der Waals surface area contributed by atoms with Gasteiger partial charge in [-0.2, -0.15) is 0 Å². The van der Waals surface area contributed by atoms with Crippen LogP contribution in [0.2, 0.25) is 0 Å². The molecular weight excluding hydrogens is 228 g/mol. The molecule has 0 spiro atoms. The largest absolute Gasteiger partial charge is 0.495 e. The topological polar surface area (TPSA) is 67.4 Å². The number of hydrogen-bond acceptors (Lipinski definition) is 5. The smallest absolute Gasteiger partial charge is 0.288 e. The number of benzene rings is 1. The Kier molecular flexibility index (Phi) is 3.00. The first-order chi connectivity index (χ1) is 7.70. The lowest BCUT2D eigenvalue weighted by atomic mass is 10.3. The van der Waals surface area contributed by atoms with E-state index in [-0.39, 0.29) is 11.1 Å². The highest BCUT2D eigenvalue weighted by atomic mass is 32.2. The van der Waals surface area contributed by atoms with Crippen molar-refractivity contribution in [2.45, 2.75) is 5.37 Å². The molecule has 5 nitrogen and oxygen atoms in total. The van der Waals surface area contributed by atoms with Crippen LogP contribution in [-0.2, 0) is 4.79 Å². The molecule has 6 heteroatoms. The van der Waals surface area contributed by atoms with Crippen LogP contribution in [0.1, 0.15) is 0 Å². The van der Waals surface area contributed by atoms with Gasteiger partial charge in [-0.05, 0) is 23.9 Å². The molecule has 1 heterocycles. The van der Waals surface area contributed by atoms with Crippen LogP contribution in [0.5, 0.6) is 5.75 Å². The third-order valence-corrected chi connectivity index (χ3v) is 2.97. The summed E-state index contributed by atoms with van der Waals surface area (Å²) in [5.41, 5.74) is 0.687. The molecule has 1 atom stereocenters. The Morgan fingerprint density at radius 3 is 2.75 bits per heavy atom. The number of amides is 2. The molecule has 1 aliphatic rings. The Balaban J connectivity index is 2.14. The lowest BCUT2D eigenvalue weighted by Gasteiger charge is -2.13. The standard InChI is InChI=1S/C10H10N2O3S/c1-15-7-5-3-2-4-6(7)11-9-8(13)12-10(14)16-9/h2-5,9,11H,1H3,(H,12,13,14). The molecule has 1 aromatic rings. The van der Waals surface area contributed by atoms with Gasteiger partial charge in [0.1, 0.15) is 5.75 Å². The number of ether oxygens (including phenoxy) is 1. The van der Waals surface area contributed by atoms with Gasteiger partial charge in [-0.1, -0.05) is 12.1 Å². The van der Waals surface area contributed by atoms with Crippen molar-refractivity contribution in [1.82, 2.24) is 5.32 Å². The lowest BCUT2D eigenvalue weighted by Crippen LogP contribution is -2.29. The van der Waals surface area contributed by atoms with E-state index in [1.54, 1.807) is 19.2 Å². The van der Waals surface area contributed by atoms with E-state index in [9.17, 15) is 9.59 Å². The summed E-state index contributed by atoms with van der Waals surface area (Å²) in [4.78, 5) is 22.3. The quantitative estimate of drug-likeness (QED) is 0.833. The number of carbonyl (C=O) groups is 2. The minimum absolute atomic E-state index is 0.332. The summed E-state index contributed by atoms with van der Waals surface area (Å²) >= 11 is 0.921. The van der Waals surface area contributed by atoms with Crippen LogP contribution < -0.4 is 15.4 Å². The highest BCUT2D eigenvalue weighted by molar-refractivity contribution is 8.15. The highest BCUT2D eigenvalue weighted by Crippen LogP contribution is 2.28. The molecule has 1 unspecified atom stereocenters. The summed E-state index contributed by atoms with van der Waals surface area (Å²) in [6.07, 6.45) is 0. The monoisotopic (exact) mass is 238 g/mol. The van der Waals surface area contributed by atoms with Gasteiger partial charge < -0.3 is 10.1 Å². The predicted molar refractivity (Wildman–Crippen MR) is 61.5 cm³/mol. The molecule has 16 heavy (non-hydrogen) atoms. The molecule has 2 N–H and O–H groups in total. The number of hydrogen-bond donors (Lipinski definition) is 2. The Labute approximate surface area is 96.5 Å². The molecule has 84 valence electrons. The van der Waals surface area contributed by atoms with Gasteiger partial charge in [0, 0.05) is 0 Å². The molecule has 0 aliphatic carbocycles. The van der Waals surface area contributed by atoms with E-state index in [0.29, 0.717) is 11.4 Å². The zero-order chi connectivity index (χ0) is 11.5. The van der Waals surface area contributed by atoms with Crippen molar-refractivity contribution in [2.75, 3.05) is 12.4 Å². The van der Waals surface area contributed by atoms with Crippen molar-refractivity contribution >= 4 is 28.6 Å². The highest BCUT2D eigenvalue weighted by Gasteiger charge is 2.31. The second-order valence-corrected chi connectivity index (χ2v) is 4.20. The van der Waals surface area contributed by atoms with E-state index in [4.69, 9.17) is 4.74 Å². The Morgan fingerprint density at radius 2 is 2.12 bits per heavy atom. The van der Waals surface area contributed by atoms with E-state index < -0.39 is 5.37 Å². The summed E-state index contributed by atoms with van der Waals surface area (Å²) in [6, 6.07) is 7.22. The fraction of sp³-hybridized carbons (Fsp3) is 0.200. The first kappa shape index (κ1) is 10.8. The second kappa shape index (κ2) is 4.44. The van der Waals surface area contributed by atoms with Crippen molar-refractivity contribution in [2.24, 2.45) is 0 Å². The van der Waals surface area contributed by atoms with E-state index in [1.165, 1.54) is 0 Å². The summed E-state index contributed by atoms with van der Waals surface area (Å²) in [5.74, 6) is 0.302. The zero-order valence-corrected chi connectivity index (χ0v) is 9.34. The van der Waals surface area contributed by atoms with Gasteiger partial charge in [0.2, 0.25) is 0 Å². The van der Waals surface area contributed by atoms with Crippen molar-refractivity contribution in [3.05, 3.63) is 24.3 Å². The lowest BCUT2D eigenvalue weighted by molar-refractivity contribution is -0.118. The molecule has 1 saturated heterocycles. The third-order valence-electron chi connectivity index (χ3n) is 2.08. The number of imide groups is 1. The molecular formula is C10H10N2O3S. The Morgan fingerprint density at radius 1 is 1.38 bits per heavy atom. The summed E-state index contributed by atoms with van der Waals surface area (Å²) < 4.78 is 5.13. The molecule has 1 aliphatic heterocycles. The van der Waals surface area contributed by atoms with Crippen molar-refractivity contribution in [1.29, 1.82) is 0 Å². The summed E-state index contributed by atoms with van der Waals surface area (Å²) in [7, 11) is 1.55. The average molecular weight is 238 g/mol. The molecule has 0 aromatic heterocycles. The van der Waals surface area contributed by atoms with Crippen LogP contribution in [-0.4, -0.2) is 23.6 Å². The van der Waals surface area contributed by atoms with Gasteiger partial charge in [0.05, 0.1) is 12.8 Å². The number of carbonyl (C=O) groups excluding carboxylic acids is 2. The van der Waals surface area contributed by atoms with Crippen LogP contribution >= 0.6 is 11.8 Å². The first-order valence-corrected chi connectivity index (χ1v) is 5.49. The van der Waals surface area contributed by atoms with Gasteiger partial charge >= 0.3 is 0 Å². The van der Waals surface area contributed by atoms with Crippen molar-refractivity contribution in [3.63, 3.8) is 0 Å². The molecule has 2 amide bonds. The average Bonchev–Trinajstić information content (AvgIpc) is 2.58. The van der Waals surface area contributed by atoms with Crippen LogP contribution in [0.25, 0.3) is 0 Å². The predicted octanol–water partition coefficient (Wildman–Crippen LogP) is 1.42. The number of anilines is 1. The van der Waals surface area contributed by atoms with Crippen LogP contribution in [0.4, 0.5) is 10.5 Å². The van der Waals surface area contributed by atoms with Gasteiger partial charge in [0.15, 0.2) is 5.37 Å². The number of thioether (sulfide) groups is 1. The van der Waals surface area contributed by atoms with E-state index in [1.807, 2.05) is 12.1 Å². The second-order valence-electron chi connectivity index (χ2n) is 3.12. The molecule has 1 fully saturated rings. The number of para-hydroxylation sites is 2. The van der Waals surface area contributed by atoms with Gasteiger partial charge in [-0.3, -0.25) is 14.9 Å². The van der Waals surface area contributed by atoms with Gasteiger partial charge in [-0.15, -0.1) is 0 Å². The van der Waals surface area contributed by atoms with Gasteiger partial charge in [0.25, 0.3) is 11.1 Å². The number of methoxy groups -OCH3 is 1. The van der Waals surface area contributed by atoms with Crippen LogP contribution in [0.3, 0.4) is 0 Å². The van der Waals surface area contributed by atoms with Crippen LogP contribution in [0.15, 0.2) is 24.3 Å². The number of rotatable bonds is 3. The normalized spacial score (nSPS) is 19.4. The zero-order valence-electron chi connectivity index (χ0n) is 8.52. The van der Waals surface area contributed by atoms with E-state index in [0.717, 1.165) is 11.8 Å². The summed E-state index contributed by atoms with van der Waals surface area (Å²) in [6.45, 7) is 0. The molecule has 0 bridgehead atoms. The van der Waals surface area contributed by atoms with Crippen molar-refractivity contribution < 1.29 is 14.3 Å². The molecule has 1 aromatic carbocycles. The molecule has 2 rings (SSSR count). The van der Waals surface area contributed by atoms with Gasteiger partial charge in [-0.25, -0.2) is 0 Å². The maximum Gasteiger partial charge on any atom is 0.288 e. The van der Waals surface area contributed by atoms with Crippen molar-refractivity contribution in [3.8, 4) is 5.75 Å². The molecule has 0 radical (unpaired) electrons. The first-order valence-electron chi connectivity index (χ1n) is 4.62. The minimum Gasteiger partial charge on any atom is -0.495 e. The fourth-order valence-electron chi connectivity index (χ4n) is 1.36. The minimum atomic E-state index is -0.594. The maximum atomic E-state index is 11.3. The fourth-order valence-corrected chi connectivity index (χ4v) is 2.08. The van der Waals surface area contributed by atoms with E-state index >= 15 is 0 Å². The Bertz CT molecular complexity index is 436. The molecule has 0 saturated carbocycles. The third kappa shape index (κ3) is 2.11. The SMILES string of the molecule is COc1ccccc1NC1SC(=O)NC1=O.